The van der Waals surface area contributed by atoms with Crippen molar-refractivity contribution >= 4 is 5.90 Å². The minimum Gasteiger partial charge on any atom is -0.450 e. The van der Waals surface area contributed by atoms with Crippen LogP contribution in [0.2, 0.25) is 0 Å². The molecule has 16 nitrogen and oxygen atoms in total. The molecule has 0 aromatic heterocycles. The molecule has 9 N–H and O–H groups in total. The molecule has 0 aromatic rings. The Morgan fingerprint density at radius 2 is 1.19 bits per heavy atom. The zero-order chi connectivity index (χ0) is 26.3. The van der Waals surface area contributed by atoms with Crippen molar-refractivity contribution in [2.45, 2.75) is 99.0 Å². The first kappa shape index (κ1) is 27.9. The van der Waals surface area contributed by atoms with Gasteiger partial charge in [0.1, 0.15) is 73.2 Å². The van der Waals surface area contributed by atoms with Gasteiger partial charge in [-0.15, -0.1) is 0 Å². The van der Waals surface area contributed by atoms with E-state index >= 15 is 0 Å². The maximum atomic E-state index is 10.9. The fourth-order valence-electron chi connectivity index (χ4n) is 4.68. The number of fused-ring (bicyclic) bond motifs is 1. The van der Waals surface area contributed by atoms with Crippen LogP contribution in [0.5, 0.6) is 0 Å². The van der Waals surface area contributed by atoms with Gasteiger partial charge in [-0.05, 0) is 0 Å². The van der Waals surface area contributed by atoms with Crippen molar-refractivity contribution in [1.82, 2.24) is 0 Å². The molecule has 16 heteroatoms. The standard InChI is InChI=1S/C20H33NO15/c1-5-21-9-12(27)16(8(4-24)34-18(9)31-5)35-20-15(30)17(11(26)7(3-23)33-20)36-19-14(29)13(28)10(25)6(2-22)32-19/h6-20,22-30H,2-4H2,1H3/t6-,7-,8-,9-,10-,11-,12-,13+,14+,15-,16-,17+,18+,19-,20+/m1/s1. The molecule has 0 amide bonds. The lowest BCUT2D eigenvalue weighted by Gasteiger charge is -2.47. The first-order valence-corrected chi connectivity index (χ1v) is 11.5. The van der Waals surface area contributed by atoms with E-state index < -0.39 is 112 Å². The van der Waals surface area contributed by atoms with Crippen LogP contribution in [0.15, 0.2) is 4.99 Å². The van der Waals surface area contributed by atoms with Gasteiger partial charge in [-0.1, -0.05) is 0 Å². The zero-order valence-electron chi connectivity index (χ0n) is 19.2. The zero-order valence-corrected chi connectivity index (χ0v) is 19.2. The van der Waals surface area contributed by atoms with Gasteiger partial charge in [0.25, 0.3) is 0 Å². The van der Waals surface area contributed by atoms with Crippen molar-refractivity contribution in [1.29, 1.82) is 0 Å². The molecule has 0 bridgehead atoms. The first-order valence-electron chi connectivity index (χ1n) is 11.5. The molecule has 0 unspecified atom stereocenters. The number of ether oxygens (including phenoxy) is 6. The minimum atomic E-state index is -1.83. The molecule has 0 spiro atoms. The molecule has 4 rings (SSSR count). The van der Waals surface area contributed by atoms with E-state index in [0.717, 1.165) is 0 Å². The van der Waals surface area contributed by atoms with E-state index in [1.807, 2.05) is 0 Å². The average molecular weight is 527 g/mol. The van der Waals surface area contributed by atoms with Crippen molar-refractivity contribution in [2.24, 2.45) is 4.99 Å². The monoisotopic (exact) mass is 527 g/mol. The molecule has 0 aromatic carbocycles. The van der Waals surface area contributed by atoms with Crippen molar-refractivity contribution in [3.05, 3.63) is 0 Å². The summed E-state index contributed by atoms with van der Waals surface area (Å²) in [5, 5.41) is 91.4. The predicted molar refractivity (Wildman–Crippen MR) is 111 cm³/mol. The molecular formula is C20H33NO15. The Morgan fingerprint density at radius 1 is 0.639 bits per heavy atom. The number of nitrogens with zero attached hydrogens (tertiary/aromatic N) is 1. The molecule has 3 fully saturated rings. The molecular weight excluding hydrogens is 494 g/mol. The van der Waals surface area contributed by atoms with E-state index in [-0.39, 0.29) is 5.90 Å². The van der Waals surface area contributed by atoms with E-state index in [1.165, 1.54) is 0 Å². The van der Waals surface area contributed by atoms with E-state index in [4.69, 9.17) is 28.4 Å². The Labute approximate surface area is 204 Å². The quantitative estimate of drug-likeness (QED) is 0.149. The molecule has 4 aliphatic heterocycles. The van der Waals surface area contributed by atoms with Gasteiger partial charge in [0.05, 0.1) is 19.8 Å². The van der Waals surface area contributed by atoms with Crippen LogP contribution in [-0.2, 0) is 28.4 Å². The highest BCUT2D eigenvalue weighted by Crippen LogP contribution is 2.34. The lowest BCUT2D eigenvalue weighted by Crippen LogP contribution is -2.66. The van der Waals surface area contributed by atoms with Gasteiger partial charge >= 0.3 is 0 Å². The van der Waals surface area contributed by atoms with Crippen LogP contribution in [-0.4, -0.2) is 164 Å². The molecule has 0 radical (unpaired) electrons. The molecule has 0 saturated carbocycles. The van der Waals surface area contributed by atoms with Gasteiger partial charge in [0.15, 0.2) is 18.5 Å². The highest BCUT2D eigenvalue weighted by atomic mass is 16.8. The average Bonchev–Trinajstić information content (AvgIpc) is 3.24. The summed E-state index contributed by atoms with van der Waals surface area (Å²) >= 11 is 0. The number of aliphatic hydroxyl groups excluding tert-OH is 9. The summed E-state index contributed by atoms with van der Waals surface area (Å²) in [5.41, 5.74) is 0. The Hall–Kier alpha value is -1.09. The highest BCUT2D eigenvalue weighted by molar-refractivity contribution is 5.75. The summed E-state index contributed by atoms with van der Waals surface area (Å²) in [5.74, 6) is 0.256. The summed E-state index contributed by atoms with van der Waals surface area (Å²) in [6.45, 7) is -0.532. The van der Waals surface area contributed by atoms with Crippen molar-refractivity contribution in [3.63, 3.8) is 0 Å². The normalized spacial score (nSPS) is 51.4. The van der Waals surface area contributed by atoms with Gasteiger partial charge in [-0.25, -0.2) is 4.99 Å². The van der Waals surface area contributed by atoms with Gasteiger partial charge in [0.2, 0.25) is 6.29 Å². The third kappa shape index (κ3) is 5.12. The number of rotatable bonds is 7. The van der Waals surface area contributed by atoms with Crippen LogP contribution in [0.1, 0.15) is 6.92 Å². The largest absolute Gasteiger partial charge is 0.450 e. The van der Waals surface area contributed by atoms with Crippen LogP contribution >= 0.6 is 0 Å². The van der Waals surface area contributed by atoms with E-state index in [0.29, 0.717) is 0 Å². The van der Waals surface area contributed by atoms with Gasteiger partial charge in [-0.2, -0.15) is 0 Å². The minimum absolute atomic E-state index is 0.256. The second-order valence-corrected chi connectivity index (χ2v) is 9.08. The Morgan fingerprint density at radius 3 is 1.81 bits per heavy atom. The number of hydrogen-bond acceptors (Lipinski definition) is 16. The lowest BCUT2D eigenvalue weighted by atomic mass is 9.95. The van der Waals surface area contributed by atoms with Crippen molar-refractivity contribution < 1.29 is 74.4 Å². The Balaban J connectivity index is 1.51. The van der Waals surface area contributed by atoms with Gasteiger partial charge < -0.3 is 74.4 Å². The third-order valence-electron chi connectivity index (χ3n) is 6.69. The van der Waals surface area contributed by atoms with E-state index in [1.54, 1.807) is 6.92 Å². The second kappa shape index (κ2) is 11.3. The summed E-state index contributed by atoms with van der Waals surface area (Å²) in [6.07, 6.45) is -21.2. The number of aliphatic imine (C=N–C) groups is 1. The molecule has 4 heterocycles. The fourth-order valence-corrected chi connectivity index (χ4v) is 4.68. The van der Waals surface area contributed by atoms with Crippen molar-refractivity contribution in [3.8, 4) is 0 Å². The van der Waals surface area contributed by atoms with E-state index in [2.05, 4.69) is 4.99 Å². The molecule has 0 aliphatic carbocycles. The first-order chi connectivity index (χ1) is 17.1. The maximum Gasteiger partial charge on any atom is 0.227 e. The highest BCUT2D eigenvalue weighted by Gasteiger charge is 2.54. The molecule has 36 heavy (non-hydrogen) atoms. The third-order valence-corrected chi connectivity index (χ3v) is 6.69. The topological polar surface area (TPSA) is 250 Å². The number of hydrogen-bond donors (Lipinski definition) is 9. The Bertz CT molecular complexity index is 771. The van der Waals surface area contributed by atoms with Crippen LogP contribution < -0.4 is 0 Å². The lowest BCUT2D eigenvalue weighted by molar-refractivity contribution is -0.373. The van der Waals surface area contributed by atoms with Crippen molar-refractivity contribution in [2.75, 3.05) is 19.8 Å². The van der Waals surface area contributed by atoms with Crippen LogP contribution in [0.25, 0.3) is 0 Å². The fraction of sp³-hybridized carbons (Fsp3) is 0.950. The number of aliphatic hydroxyl groups is 9. The van der Waals surface area contributed by atoms with Crippen LogP contribution in [0, 0.1) is 0 Å². The Kier molecular flexibility index (Phi) is 8.80. The molecule has 15 atom stereocenters. The van der Waals surface area contributed by atoms with Gasteiger partial charge in [0, 0.05) is 6.92 Å². The van der Waals surface area contributed by atoms with E-state index in [9.17, 15) is 46.0 Å². The summed E-state index contributed by atoms with van der Waals surface area (Å²) in [4.78, 5) is 4.14. The summed E-state index contributed by atoms with van der Waals surface area (Å²) in [6, 6.07) is -0.890. The second-order valence-electron chi connectivity index (χ2n) is 9.08. The maximum absolute atomic E-state index is 10.9. The van der Waals surface area contributed by atoms with Gasteiger partial charge in [-0.3, -0.25) is 0 Å². The summed E-state index contributed by atoms with van der Waals surface area (Å²) < 4.78 is 33.0. The predicted octanol–water partition coefficient (Wildman–Crippen LogP) is -6.11. The van der Waals surface area contributed by atoms with Crippen LogP contribution in [0.3, 0.4) is 0 Å². The molecule has 4 aliphatic rings. The molecule has 3 saturated heterocycles. The SMILES string of the molecule is CC1=N[C@H]2[C@@H](O1)O[C@H](CO)[C@@H](O[C@@H]1O[C@H](CO)[C@@H](O)[C@H](O[C@H]3O[C@H](CO)[C@@H](O)[C@H](O)[C@@H]3O)[C@H]1O)[C@@H]2O. The van der Waals surface area contributed by atoms with Crippen LogP contribution in [0.4, 0.5) is 0 Å². The summed E-state index contributed by atoms with van der Waals surface area (Å²) in [7, 11) is 0. The smallest absolute Gasteiger partial charge is 0.227 e. The molecule has 208 valence electrons.